The van der Waals surface area contributed by atoms with Crippen molar-refractivity contribution < 1.29 is 4.43 Å². The zero-order valence-corrected chi connectivity index (χ0v) is 12.7. The van der Waals surface area contributed by atoms with Crippen molar-refractivity contribution >= 4 is 29.5 Å². The van der Waals surface area contributed by atoms with Crippen molar-refractivity contribution in [2.45, 2.75) is 32.5 Å². The summed E-state index contributed by atoms with van der Waals surface area (Å²) < 4.78 is 5.97. The van der Waals surface area contributed by atoms with Crippen LogP contribution >= 0.6 is 11.1 Å². The lowest BCUT2D eigenvalue weighted by Crippen LogP contribution is -2.29. The highest BCUT2D eigenvalue weighted by Gasteiger charge is 2.28. The molecule has 0 fully saturated rings. The Hall–Kier alpha value is -0.833. The molecular weight excluding hydrogens is 260 g/mol. The lowest BCUT2D eigenvalue weighted by Gasteiger charge is -2.21. The van der Waals surface area contributed by atoms with Gasteiger partial charge in [-0.05, 0) is 34.5 Å². The molecule has 96 valence electrons. The maximum Gasteiger partial charge on any atom is 0.289 e. The molecule has 0 N–H and O–H groups in total. The van der Waals surface area contributed by atoms with Crippen LogP contribution in [0.1, 0.15) is 19.4 Å². The highest BCUT2D eigenvalue weighted by molar-refractivity contribution is 7.16. The van der Waals surface area contributed by atoms with Gasteiger partial charge in [0.05, 0.1) is 6.61 Å². The van der Waals surface area contributed by atoms with Gasteiger partial charge in [-0.3, -0.25) is 0 Å². The Labute approximate surface area is 115 Å². The van der Waals surface area contributed by atoms with Crippen molar-refractivity contribution in [2.75, 3.05) is 0 Å². The Morgan fingerprint density at radius 2 is 1.67 bits per heavy atom. The summed E-state index contributed by atoms with van der Waals surface area (Å²) in [5.41, 5.74) is 1.20. The Morgan fingerprint density at radius 1 is 1.00 bits per heavy atom. The zero-order valence-electron chi connectivity index (χ0n) is 10.9. The maximum atomic E-state index is 6.49. The van der Waals surface area contributed by atoms with E-state index in [-0.39, 0.29) is 0 Å². The molecule has 0 spiro atoms. The molecule has 0 radical (unpaired) electrons. The third-order valence-electron chi connectivity index (χ3n) is 3.37. The van der Waals surface area contributed by atoms with Crippen LogP contribution < -0.4 is 0 Å². The van der Waals surface area contributed by atoms with Gasteiger partial charge in [0.25, 0.3) is 7.63 Å². The predicted octanol–water partition coefficient (Wildman–Crippen LogP) is 5.08. The molecule has 0 aliphatic rings. The highest BCUT2D eigenvalue weighted by Crippen LogP contribution is 2.24. The van der Waals surface area contributed by atoms with Crippen LogP contribution in [-0.4, -0.2) is 7.63 Å². The minimum atomic E-state index is -1.98. The monoisotopic (exact) mass is 278 g/mol. The van der Waals surface area contributed by atoms with Gasteiger partial charge in [-0.25, -0.2) is 0 Å². The molecule has 0 atom stereocenters. The van der Waals surface area contributed by atoms with Crippen LogP contribution in [0.25, 0.3) is 10.8 Å². The quantitative estimate of drug-likeness (QED) is 0.548. The van der Waals surface area contributed by atoms with Gasteiger partial charge in [0.2, 0.25) is 0 Å². The maximum absolute atomic E-state index is 6.49. The summed E-state index contributed by atoms with van der Waals surface area (Å²) >= 11 is 6.49. The fourth-order valence-electron chi connectivity index (χ4n) is 2.00. The van der Waals surface area contributed by atoms with Gasteiger partial charge in [-0.1, -0.05) is 50.2 Å². The molecule has 0 saturated heterocycles. The van der Waals surface area contributed by atoms with Crippen molar-refractivity contribution in [3.8, 4) is 0 Å². The molecular formula is C15H19ClOSi. The van der Waals surface area contributed by atoms with Crippen LogP contribution in [-0.2, 0) is 11.0 Å². The Balaban J connectivity index is 2.12. The van der Waals surface area contributed by atoms with Gasteiger partial charge in [0, 0.05) is 0 Å². The van der Waals surface area contributed by atoms with Crippen molar-refractivity contribution in [1.29, 1.82) is 0 Å². The van der Waals surface area contributed by atoms with Gasteiger partial charge >= 0.3 is 0 Å². The number of hydrogen-bond donors (Lipinski definition) is 0. The van der Waals surface area contributed by atoms with Crippen LogP contribution in [0.2, 0.25) is 12.1 Å². The normalized spacial score (nSPS) is 11.9. The summed E-state index contributed by atoms with van der Waals surface area (Å²) in [5, 5.41) is 2.52. The highest BCUT2D eigenvalue weighted by atomic mass is 35.6. The lowest BCUT2D eigenvalue weighted by molar-refractivity contribution is 0.301. The number of hydrogen-bond acceptors (Lipinski definition) is 1. The van der Waals surface area contributed by atoms with E-state index in [1.807, 2.05) is 0 Å². The summed E-state index contributed by atoms with van der Waals surface area (Å²) in [5.74, 6) is 0. The smallest absolute Gasteiger partial charge is 0.289 e. The van der Waals surface area contributed by atoms with Crippen molar-refractivity contribution in [1.82, 2.24) is 0 Å². The first kappa shape index (κ1) is 13.6. The molecule has 0 aliphatic carbocycles. The van der Waals surface area contributed by atoms with E-state index in [1.165, 1.54) is 16.3 Å². The number of halogens is 1. The average Bonchev–Trinajstić information content (AvgIpc) is 2.44. The first-order valence-electron chi connectivity index (χ1n) is 6.47. The Morgan fingerprint density at radius 3 is 2.33 bits per heavy atom. The van der Waals surface area contributed by atoms with E-state index >= 15 is 0 Å². The molecule has 0 unspecified atom stereocenters. The molecule has 2 aromatic rings. The minimum absolute atomic E-state index is 0.627. The summed E-state index contributed by atoms with van der Waals surface area (Å²) in [4.78, 5) is 0. The van der Waals surface area contributed by atoms with Gasteiger partial charge in [-0.15, -0.1) is 11.1 Å². The minimum Gasteiger partial charge on any atom is -0.399 e. The summed E-state index contributed by atoms with van der Waals surface area (Å²) in [6.07, 6.45) is 0. The molecule has 0 heterocycles. The largest absolute Gasteiger partial charge is 0.399 e. The van der Waals surface area contributed by atoms with Crippen LogP contribution in [0.15, 0.2) is 42.5 Å². The second kappa shape index (κ2) is 5.87. The molecule has 0 saturated carbocycles. The Kier molecular flexibility index (Phi) is 4.43. The zero-order chi connectivity index (χ0) is 13.0. The van der Waals surface area contributed by atoms with E-state index in [4.69, 9.17) is 15.5 Å². The summed E-state index contributed by atoms with van der Waals surface area (Å²) in [6, 6.07) is 16.7. The molecule has 3 heteroatoms. The summed E-state index contributed by atoms with van der Waals surface area (Å²) in [7, 11) is -1.98. The first-order valence-corrected chi connectivity index (χ1v) is 9.81. The van der Waals surface area contributed by atoms with E-state index in [0.717, 1.165) is 12.1 Å². The van der Waals surface area contributed by atoms with Crippen LogP contribution in [0.5, 0.6) is 0 Å². The summed E-state index contributed by atoms with van der Waals surface area (Å²) in [6.45, 7) is 4.86. The predicted molar refractivity (Wildman–Crippen MR) is 81.3 cm³/mol. The molecule has 0 amide bonds. The molecule has 2 aromatic carbocycles. The van der Waals surface area contributed by atoms with Crippen molar-refractivity contribution in [3.63, 3.8) is 0 Å². The first-order chi connectivity index (χ1) is 8.67. The third kappa shape index (κ3) is 3.13. The third-order valence-corrected chi connectivity index (χ3v) is 8.07. The number of rotatable bonds is 5. The van der Waals surface area contributed by atoms with E-state index in [9.17, 15) is 0 Å². The van der Waals surface area contributed by atoms with E-state index < -0.39 is 7.63 Å². The van der Waals surface area contributed by atoms with Gasteiger partial charge in [0.1, 0.15) is 0 Å². The van der Waals surface area contributed by atoms with E-state index in [2.05, 4.69) is 56.3 Å². The molecule has 18 heavy (non-hydrogen) atoms. The topological polar surface area (TPSA) is 9.23 Å². The number of benzene rings is 2. The second-order valence-electron chi connectivity index (χ2n) is 4.56. The number of fused-ring (bicyclic) bond motifs is 1. The molecule has 0 aliphatic heterocycles. The second-order valence-corrected chi connectivity index (χ2v) is 10.1. The molecule has 0 bridgehead atoms. The average molecular weight is 279 g/mol. The fraction of sp³-hybridized carbons (Fsp3) is 0.333. The molecule has 1 nitrogen and oxygen atoms in total. The lowest BCUT2D eigenvalue weighted by atomic mass is 10.1. The van der Waals surface area contributed by atoms with Crippen LogP contribution in [0.3, 0.4) is 0 Å². The van der Waals surface area contributed by atoms with Gasteiger partial charge < -0.3 is 4.43 Å². The van der Waals surface area contributed by atoms with E-state index in [1.54, 1.807) is 0 Å². The fourth-order valence-corrected chi connectivity index (χ4v) is 3.49. The molecule has 0 aromatic heterocycles. The van der Waals surface area contributed by atoms with Crippen LogP contribution in [0.4, 0.5) is 0 Å². The molecule has 2 rings (SSSR count). The van der Waals surface area contributed by atoms with Gasteiger partial charge in [0.15, 0.2) is 0 Å². The SMILES string of the molecule is CC[Si](Cl)(CC)OCc1ccc2ccccc2c1. The van der Waals surface area contributed by atoms with Crippen molar-refractivity contribution in [2.24, 2.45) is 0 Å². The van der Waals surface area contributed by atoms with Crippen LogP contribution in [0, 0.1) is 0 Å². The van der Waals surface area contributed by atoms with Gasteiger partial charge in [-0.2, -0.15) is 0 Å². The standard InChI is InChI=1S/C15H19ClOSi/c1-3-18(16,4-2)17-12-13-9-10-14-7-5-6-8-15(14)11-13/h5-11H,3-4,12H2,1-2H3. The Bertz CT molecular complexity index is 523. The van der Waals surface area contributed by atoms with E-state index in [0.29, 0.717) is 6.61 Å². The van der Waals surface area contributed by atoms with Crippen molar-refractivity contribution in [3.05, 3.63) is 48.0 Å².